The summed E-state index contributed by atoms with van der Waals surface area (Å²) in [6.07, 6.45) is 0. The van der Waals surface area contributed by atoms with E-state index in [0.29, 0.717) is 16.9 Å². The molecule has 0 spiro atoms. The third-order valence-corrected chi connectivity index (χ3v) is 8.60. The fraction of sp³-hybridized carbons (Fsp3) is 0.316. The molecule has 1 aromatic carbocycles. The Morgan fingerprint density at radius 3 is 2.00 bits per heavy atom. The van der Waals surface area contributed by atoms with E-state index in [1.54, 1.807) is 12.1 Å². The number of rotatable bonds is 5. The monoisotopic (exact) mass is 452 g/mol. The number of amides is 1. The van der Waals surface area contributed by atoms with E-state index >= 15 is 0 Å². The van der Waals surface area contributed by atoms with Crippen LogP contribution in [0, 0.1) is 13.8 Å². The zero-order chi connectivity index (χ0) is 22.2. The number of piperazine rings is 1. The summed E-state index contributed by atoms with van der Waals surface area (Å²) >= 11 is 0.438. The van der Waals surface area contributed by atoms with E-state index in [4.69, 9.17) is 0 Å². The number of aryl methyl sites for hydroxylation is 1. The van der Waals surface area contributed by atoms with Crippen LogP contribution < -0.4 is 0 Å². The lowest BCUT2D eigenvalue weighted by molar-refractivity contribution is 0.0690. The van der Waals surface area contributed by atoms with Crippen molar-refractivity contribution in [3.05, 3.63) is 51.4 Å². The third-order valence-electron chi connectivity index (χ3n) is 4.92. The first kappa shape index (κ1) is 21.9. The van der Waals surface area contributed by atoms with Crippen molar-refractivity contribution in [1.82, 2.24) is 9.21 Å². The number of carboxylic acid groups (broad SMARTS) is 2. The quantitative estimate of drug-likeness (QED) is 0.708. The molecular formula is C19H20N2O7S2. The molecule has 9 nitrogen and oxygen atoms in total. The standard InChI is InChI=1S/C19H20N2O7S2/c1-11-3-5-13(6-4-11)16(22)20-7-9-21(10-8-20)30(27,28)19-14(17(23)24)12(2)15(29-19)18(25)26/h3-6H,7-10H2,1-2H3,(H,23,24)(H,25,26). The van der Waals surface area contributed by atoms with Crippen LogP contribution in [0.4, 0.5) is 0 Å². The fourth-order valence-corrected chi connectivity index (χ4v) is 6.48. The summed E-state index contributed by atoms with van der Waals surface area (Å²) in [6.45, 7) is 3.44. The van der Waals surface area contributed by atoms with Crippen LogP contribution in [-0.2, 0) is 10.0 Å². The zero-order valence-corrected chi connectivity index (χ0v) is 17.9. The van der Waals surface area contributed by atoms with Crippen LogP contribution >= 0.6 is 11.3 Å². The third kappa shape index (κ3) is 3.95. The maximum absolute atomic E-state index is 13.1. The van der Waals surface area contributed by atoms with E-state index in [2.05, 4.69) is 0 Å². The van der Waals surface area contributed by atoms with Crippen molar-refractivity contribution in [1.29, 1.82) is 0 Å². The Morgan fingerprint density at radius 1 is 0.933 bits per heavy atom. The number of aromatic carboxylic acids is 2. The van der Waals surface area contributed by atoms with Gasteiger partial charge in [-0.05, 0) is 31.5 Å². The molecule has 1 saturated heterocycles. The SMILES string of the molecule is Cc1ccc(C(=O)N2CCN(S(=O)(=O)c3sc(C(=O)O)c(C)c3C(=O)O)CC2)cc1. The minimum absolute atomic E-state index is 0.0155. The van der Waals surface area contributed by atoms with Gasteiger partial charge in [-0.1, -0.05) is 17.7 Å². The van der Waals surface area contributed by atoms with Crippen LogP contribution in [0.3, 0.4) is 0 Å². The molecule has 3 rings (SSSR count). The highest BCUT2D eigenvalue weighted by Crippen LogP contribution is 2.34. The van der Waals surface area contributed by atoms with Gasteiger partial charge in [0.15, 0.2) is 4.21 Å². The summed E-state index contributed by atoms with van der Waals surface area (Å²) < 4.78 is 26.7. The number of carbonyl (C=O) groups is 3. The molecule has 11 heteroatoms. The van der Waals surface area contributed by atoms with Crippen molar-refractivity contribution in [2.24, 2.45) is 0 Å². The first-order valence-electron chi connectivity index (χ1n) is 9.00. The maximum atomic E-state index is 13.1. The molecule has 1 amide bonds. The molecule has 160 valence electrons. The number of benzene rings is 1. The molecule has 0 aliphatic carbocycles. The van der Waals surface area contributed by atoms with Gasteiger partial charge in [-0.25, -0.2) is 18.0 Å². The second-order valence-electron chi connectivity index (χ2n) is 6.89. The molecule has 1 fully saturated rings. The van der Waals surface area contributed by atoms with Crippen molar-refractivity contribution < 1.29 is 33.0 Å². The van der Waals surface area contributed by atoms with E-state index in [1.165, 1.54) is 11.8 Å². The van der Waals surface area contributed by atoms with Crippen molar-refractivity contribution in [2.75, 3.05) is 26.2 Å². The van der Waals surface area contributed by atoms with E-state index in [-0.39, 0.29) is 42.5 Å². The lowest BCUT2D eigenvalue weighted by atomic mass is 10.1. The normalized spacial score (nSPS) is 15.2. The predicted octanol–water partition coefficient (Wildman–Crippen LogP) is 1.91. The lowest BCUT2D eigenvalue weighted by Crippen LogP contribution is -2.50. The summed E-state index contributed by atoms with van der Waals surface area (Å²) in [7, 11) is -4.22. The van der Waals surface area contributed by atoms with Crippen LogP contribution in [0.5, 0.6) is 0 Å². The summed E-state index contributed by atoms with van der Waals surface area (Å²) in [6, 6.07) is 7.06. The summed E-state index contributed by atoms with van der Waals surface area (Å²) in [5.74, 6) is -3.09. The van der Waals surface area contributed by atoms with Gasteiger partial charge >= 0.3 is 11.9 Å². The Labute approximate surface area is 177 Å². The van der Waals surface area contributed by atoms with Gasteiger partial charge in [-0.15, -0.1) is 11.3 Å². The first-order chi connectivity index (χ1) is 14.0. The van der Waals surface area contributed by atoms with Gasteiger partial charge in [0, 0.05) is 31.7 Å². The van der Waals surface area contributed by atoms with Gasteiger partial charge in [0.05, 0.1) is 5.56 Å². The number of thiophene rings is 1. The van der Waals surface area contributed by atoms with Crippen molar-refractivity contribution in [3.8, 4) is 0 Å². The topological polar surface area (TPSA) is 132 Å². The van der Waals surface area contributed by atoms with E-state index in [9.17, 15) is 33.0 Å². The van der Waals surface area contributed by atoms with Gasteiger partial charge < -0.3 is 15.1 Å². The highest BCUT2D eigenvalue weighted by molar-refractivity contribution is 7.91. The Balaban J connectivity index is 1.82. The first-order valence-corrected chi connectivity index (χ1v) is 11.3. The molecule has 30 heavy (non-hydrogen) atoms. The lowest BCUT2D eigenvalue weighted by Gasteiger charge is -2.33. The van der Waals surface area contributed by atoms with Gasteiger partial charge in [0.1, 0.15) is 4.88 Å². The van der Waals surface area contributed by atoms with Crippen molar-refractivity contribution >= 4 is 39.2 Å². The average molecular weight is 453 g/mol. The molecule has 2 aromatic rings. The minimum Gasteiger partial charge on any atom is -0.478 e. The zero-order valence-electron chi connectivity index (χ0n) is 16.3. The maximum Gasteiger partial charge on any atom is 0.346 e. The molecule has 2 heterocycles. The second-order valence-corrected chi connectivity index (χ2v) is 10.0. The number of carboxylic acids is 2. The largest absolute Gasteiger partial charge is 0.478 e. The summed E-state index contributed by atoms with van der Waals surface area (Å²) in [5, 5.41) is 18.7. The van der Waals surface area contributed by atoms with Crippen LogP contribution in [0.15, 0.2) is 28.5 Å². The van der Waals surface area contributed by atoms with Gasteiger partial charge in [0.25, 0.3) is 15.9 Å². The van der Waals surface area contributed by atoms with Crippen LogP contribution in [0.2, 0.25) is 0 Å². The Hall–Kier alpha value is -2.76. The van der Waals surface area contributed by atoms with Gasteiger partial charge in [0.2, 0.25) is 0 Å². The Morgan fingerprint density at radius 2 is 1.50 bits per heavy atom. The molecular weight excluding hydrogens is 432 g/mol. The number of carbonyl (C=O) groups excluding carboxylic acids is 1. The van der Waals surface area contributed by atoms with Gasteiger partial charge in [-0.3, -0.25) is 4.79 Å². The fourth-order valence-electron chi connectivity index (χ4n) is 3.25. The molecule has 0 unspecified atom stereocenters. The molecule has 0 atom stereocenters. The van der Waals surface area contributed by atoms with Crippen molar-refractivity contribution in [2.45, 2.75) is 18.1 Å². The summed E-state index contributed by atoms with van der Waals surface area (Å²) in [5.41, 5.74) is 0.913. The number of nitrogens with zero attached hydrogens (tertiary/aromatic N) is 2. The summed E-state index contributed by atoms with van der Waals surface area (Å²) in [4.78, 5) is 36.8. The van der Waals surface area contributed by atoms with E-state index < -0.39 is 31.7 Å². The molecule has 0 bridgehead atoms. The Bertz CT molecular complexity index is 1110. The average Bonchev–Trinajstić information content (AvgIpc) is 3.06. The number of sulfonamides is 1. The number of hydrogen-bond donors (Lipinski definition) is 2. The van der Waals surface area contributed by atoms with Crippen LogP contribution in [-0.4, -0.2) is 71.9 Å². The predicted molar refractivity (Wildman–Crippen MR) is 109 cm³/mol. The highest BCUT2D eigenvalue weighted by Gasteiger charge is 2.37. The number of hydrogen-bond acceptors (Lipinski definition) is 6. The minimum atomic E-state index is -4.22. The molecule has 2 N–H and O–H groups in total. The molecule has 1 aromatic heterocycles. The van der Waals surface area contributed by atoms with Crippen molar-refractivity contribution in [3.63, 3.8) is 0 Å². The van der Waals surface area contributed by atoms with Crippen LogP contribution in [0.25, 0.3) is 0 Å². The van der Waals surface area contributed by atoms with E-state index in [1.807, 2.05) is 19.1 Å². The smallest absolute Gasteiger partial charge is 0.346 e. The van der Waals surface area contributed by atoms with Gasteiger partial charge in [-0.2, -0.15) is 4.31 Å². The van der Waals surface area contributed by atoms with Crippen LogP contribution in [0.1, 0.15) is 41.5 Å². The highest BCUT2D eigenvalue weighted by atomic mass is 32.2. The molecule has 0 saturated carbocycles. The Kier molecular flexibility index (Phi) is 5.97. The second kappa shape index (κ2) is 8.17. The van der Waals surface area contributed by atoms with E-state index in [0.717, 1.165) is 9.87 Å². The molecule has 1 aliphatic heterocycles. The molecule has 1 aliphatic rings. The molecule has 0 radical (unpaired) electrons.